The maximum Gasteiger partial charge on any atom is 4.00 e. The van der Waals surface area contributed by atoms with Gasteiger partial charge in [-0.15, -0.1) is 69.1 Å². The SMILES string of the molecule is CCc1ccc(-c2cc3c(-c4ccc(C(C)(C)C)cc4)cccc3[cH-]2)s1.CCc1ccc(-c2cc3c(-c4ccc(C(C)(C)C)cc4)cccc3[cH-]2)s1.[Cl-].[Cl-].[Zr+4]. The number of fused-ring (bicyclic) bond motifs is 2. The number of rotatable bonds is 6. The second-order valence-electron chi connectivity index (χ2n) is 16.0. The molecule has 0 radical (unpaired) electrons. The van der Waals surface area contributed by atoms with Gasteiger partial charge in [-0.2, -0.15) is 22.7 Å². The van der Waals surface area contributed by atoms with Gasteiger partial charge in [0.25, 0.3) is 0 Å². The molecule has 0 atom stereocenters. The molecular weight excluding hydrogens is 827 g/mol. The van der Waals surface area contributed by atoms with Gasteiger partial charge in [0.05, 0.1) is 0 Å². The van der Waals surface area contributed by atoms with E-state index in [1.54, 1.807) is 0 Å². The topological polar surface area (TPSA) is 0 Å². The van der Waals surface area contributed by atoms with Crippen molar-refractivity contribution in [2.24, 2.45) is 0 Å². The van der Waals surface area contributed by atoms with Crippen molar-refractivity contribution >= 4 is 44.2 Å². The van der Waals surface area contributed by atoms with E-state index in [0.717, 1.165) is 12.8 Å². The van der Waals surface area contributed by atoms with E-state index in [2.05, 4.69) is 189 Å². The fourth-order valence-corrected chi connectivity index (χ4v) is 8.87. The molecule has 0 nitrogen and oxygen atoms in total. The van der Waals surface area contributed by atoms with Gasteiger partial charge >= 0.3 is 26.2 Å². The minimum Gasteiger partial charge on any atom is -1.00 e. The molecule has 5 heteroatoms. The second-order valence-corrected chi connectivity index (χ2v) is 18.3. The van der Waals surface area contributed by atoms with E-state index in [4.69, 9.17) is 0 Å². The number of thiophene rings is 2. The van der Waals surface area contributed by atoms with E-state index in [-0.39, 0.29) is 61.8 Å². The molecule has 0 saturated carbocycles. The van der Waals surface area contributed by atoms with E-state index in [1.165, 1.54) is 85.6 Å². The van der Waals surface area contributed by atoms with Crippen LogP contribution in [-0.4, -0.2) is 0 Å². The fourth-order valence-electron chi connectivity index (χ4n) is 7.00. The standard InChI is InChI=1S/2C25H25S.2ClH.Zr/c2*1-5-21-13-14-24(26-21)19-15-18-7-6-8-22(23(18)16-19)17-9-11-20(12-10-17)25(2,3)4;;;/h2*6-16H,5H2,1-4H3;2*1H;/q2*-1;;;+4/p-2. The molecule has 280 valence electrons. The number of halogens is 2. The van der Waals surface area contributed by atoms with Crippen LogP contribution in [-0.2, 0) is 49.9 Å². The molecular formula is C50H50Cl2S2Zr. The molecule has 2 heterocycles. The van der Waals surface area contributed by atoms with Crippen molar-refractivity contribution in [2.45, 2.75) is 79.1 Å². The molecule has 0 unspecified atom stereocenters. The maximum atomic E-state index is 2.35. The molecule has 0 aliphatic heterocycles. The Morgan fingerprint density at radius 2 is 0.836 bits per heavy atom. The number of hydrogen-bond donors (Lipinski definition) is 0. The van der Waals surface area contributed by atoms with Crippen molar-refractivity contribution in [3.05, 3.63) is 154 Å². The Bertz CT molecular complexity index is 2270. The summed E-state index contributed by atoms with van der Waals surface area (Å²) in [5.41, 5.74) is 11.0. The Morgan fingerprint density at radius 3 is 1.15 bits per heavy atom. The average Bonchev–Trinajstić information content (AvgIpc) is 3.96. The first kappa shape index (κ1) is 44.7. The maximum absolute atomic E-state index is 2.35. The Labute approximate surface area is 368 Å². The van der Waals surface area contributed by atoms with Crippen molar-refractivity contribution in [2.75, 3.05) is 0 Å². The van der Waals surface area contributed by atoms with E-state index in [9.17, 15) is 0 Å². The van der Waals surface area contributed by atoms with Crippen LogP contribution in [0, 0.1) is 0 Å². The molecule has 0 bridgehead atoms. The largest absolute Gasteiger partial charge is 4.00 e. The zero-order valence-corrected chi connectivity index (χ0v) is 38.8. The van der Waals surface area contributed by atoms with Gasteiger partial charge in [-0.05, 0) is 65.4 Å². The van der Waals surface area contributed by atoms with Gasteiger partial charge in [-0.1, -0.05) is 164 Å². The van der Waals surface area contributed by atoms with Gasteiger partial charge in [0.1, 0.15) is 0 Å². The Hall–Kier alpha value is -3.04. The van der Waals surface area contributed by atoms with Crippen molar-refractivity contribution < 1.29 is 51.0 Å². The molecule has 2 aromatic heterocycles. The van der Waals surface area contributed by atoms with Gasteiger partial charge in [-0.3, -0.25) is 0 Å². The van der Waals surface area contributed by atoms with Crippen molar-refractivity contribution in [3.63, 3.8) is 0 Å². The summed E-state index contributed by atoms with van der Waals surface area (Å²) in [6, 6.07) is 49.8. The summed E-state index contributed by atoms with van der Waals surface area (Å²) >= 11 is 3.82. The summed E-state index contributed by atoms with van der Waals surface area (Å²) in [5.74, 6) is 0. The molecule has 8 aromatic rings. The van der Waals surface area contributed by atoms with Crippen LogP contribution in [0.4, 0.5) is 0 Å². The molecule has 55 heavy (non-hydrogen) atoms. The minimum absolute atomic E-state index is 0. The first-order valence-corrected chi connectivity index (χ1v) is 20.3. The average molecular weight is 877 g/mol. The van der Waals surface area contributed by atoms with Crippen molar-refractivity contribution in [1.82, 2.24) is 0 Å². The van der Waals surface area contributed by atoms with Crippen LogP contribution >= 0.6 is 22.7 Å². The molecule has 8 rings (SSSR count). The monoisotopic (exact) mass is 874 g/mol. The molecule has 0 aliphatic carbocycles. The normalized spacial score (nSPS) is 11.3. The fraction of sp³-hybridized carbons (Fsp3) is 0.240. The summed E-state index contributed by atoms with van der Waals surface area (Å²) < 4.78 is 0. The summed E-state index contributed by atoms with van der Waals surface area (Å²) in [7, 11) is 0. The quantitative estimate of drug-likeness (QED) is 0.146. The van der Waals surface area contributed by atoms with Crippen LogP contribution in [0.2, 0.25) is 0 Å². The van der Waals surface area contributed by atoms with Gasteiger partial charge in [0.15, 0.2) is 0 Å². The molecule has 0 saturated heterocycles. The van der Waals surface area contributed by atoms with E-state index >= 15 is 0 Å². The van der Waals surface area contributed by atoms with Crippen LogP contribution < -0.4 is 24.8 Å². The first-order chi connectivity index (χ1) is 24.9. The number of benzene rings is 4. The van der Waals surface area contributed by atoms with Crippen LogP contribution in [0.25, 0.3) is 64.7 Å². The molecule has 6 aromatic carbocycles. The predicted molar refractivity (Wildman–Crippen MR) is 233 cm³/mol. The van der Waals surface area contributed by atoms with E-state index in [1.807, 2.05) is 22.7 Å². The molecule has 0 aliphatic rings. The summed E-state index contributed by atoms with van der Waals surface area (Å²) in [6.07, 6.45) is 2.21. The Morgan fingerprint density at radius 1 is 0.473 bits per heavy atom. The second kappa shape index (κ2) is 18.5. The molecule has 0 spiro atoms. The minimum atomic E-state index is 0. The summed E-state index contributed by atoms with van der Waals surface area (Å²) in [4.78, 5) is 5.63. The molecule has 0 amide bonds. The van der Waals surface area contributed by atoms with Crippen LogP contribution in [0.15, 0.2) is 133 Å². The van der Waals surface area contributed by atoms with Crippen molar-refractivity contribution in [1.29, 1.82) is 0 Å². The van der Waals surface area contributed by atoms with E-state index < -0.39 is 0 Å². The number of hydrogen-bond acceptors (Lipinski definition) is 2. The zero-order valence-electron chi connectivity index (χ0n) is 33.2. The smallest absolute Gasteiger partial charge is 1.00 e. The third kappa shape index (κ3) is 9.92. The third-order valence-electron chi connectivity index (χ3n) is 10.2. The predicted octanol–water partition coefficient (Wildman–Crippen LogP) is 9.63. The van der Waals surface area contributed by atoms with Gasteiger partial charge in [-0.25, -0.2) is 0 Å². The third-order valence-corrected chi connectivity index (χ3v) is 12.8. The van der Waals surface area contributed by atoms with Crippen LogP contribution in [0.1, 0.15) is 76.3 Å². The van der Waals surface area contributed by atoms with Gasteiger partial charge < -0.3 is 24.8 Å². The van der Waals surface area contributed by atoms with Crippen molar-refractivity contribution in [3.8, 4) is 43.1 Å². The first-order valence-electron chi connectivity index (χ1n) is 18.7. The van der Waals surface area contributed by atoms with Gasteiger partial charge in [0, 0.05) is 0 Å². The van der Waals surface area contributed by atoms with E-state index in [0.29, 0.717) is 0 Å². The molecule has 0 fully saturated rings. The Balaban J connectivity index is 0.000000232. The van der Waals surface area contributed by atoms with Gasteiger partial charge in [0.2, 0.25) is 0 Å². The summed E-state index contributed by atoms with van der Waals surface area (Å²) in [6.45, 7) is 18.0. The summed E-state index contributed by atoms with van der Waals surface area (Å²) in [5, 5.41) is 5.34. The number of aryl methyl sites for hydroxylation is 2. The molecule has 0 N–H and O–H groups in total. The van der Waals surface area contributed by atoms with Crippen LogP contribution in [0.3, 0.4) is 0 Å². The van der Waals surface area contributed by atoms with Crippen LogP contribution in [0.5, 0.6) is 0 Å². The zero-order chi connectivity index (χ0) is 36.6. The Kier molecular flexibility index (Phi) is 15.0.